The first-order valence-electron chi connectivity index (χ1n) is 9.57. The molecule has 2 amide bonds. The number of methoxy groups -OCH3 is 1. The average molecular weight is 398 g/mol. The minimum atomic E-state index is -0.112. The van der Waals surface area contributed by atoms with Crippen molar-refractivity contribution in [1.82, 2.24) is 9.80 Å². The molecular formula is C22H26N2O5. The van der Waals surface area contributed by atoms with Gasteiger partial charge in [-0.05, 0) is 36.8 Å². The summed E-state index contributed by atoms with van der Waals surface area (Å²) in [6.45, 7) is 3.82. The lowest BCUT2D eigenvalue weighted by molar-refractivity contribution is -0.141. The molecule has 1 fully saturated rings. The number of benzene rings is 2. The van der Waals surface area contributed by atoms with Crippen LogP contribution in [0, 0.1) is 6.92 Å². The van der Waals surface area contributed by atoms with Crippen LogP contribution in [0.3, 0.4) is 0 Å². The third-order valence-corrected chi connectivity index (χ3v) is 4.76. The number of nitrogens with zero attached hydrogens (tertiary/aromatic N) is 2. The van der Waals surface area contributed by atoms with Crippen LogP contribution in [0.2, 0.25) is 0 Å². The van der Waals surface area contributed by atoms with Gasteiger partial charge >= 0.3 is 0 Å². The summed E-state index contributed by atoms with van der Waals surface area (Å²) in [7, 11) is 1.56. The fourth-order valence-electron chi connectivity index (χ4n) is 3.12. The van der Waals surface area contributed by atoms with Crippen LogP contribution in [0.25, 0.3) is 0 Å². The van der Waals surface area contributed by atoms with E-state index in [1.807, 2.05) is 43.3 Å². The molecule has 29 heavy (non-hydrogen) atoms. The Kier molecular flexibility index (Phi) is 6.94. The van der Waals surface area contributed by atoms with Gasteiger partial charge < -0.3 is 24.0 Å². The highest BCUT2D eigenvalue weighted by Gasteiger charge is 2.24. The molecule has 7 heteroatoms. The van der Waals surface area contributed by atoms with E-state index in [4.69, 9.17) is 14.2 Å². The first-order chi connectivity index (χ1) is 14.1. The number of hydrogen-bond acceptors (Lipinski definition) is 5. The SMILES string of the molecule is COc1ccccc1OCC(=O)N1CCN(C(=O)COc2cccc(C)c2)CC1. The molecule has 1 aliphatic rings. The van der Waals surface area contributed by atoms with E-state index >= 15 is 0 Å². The molecule has 0 atom stereocenters. The van der Waals surface area contributed by atoms with Crippen LogP contribution in [0.15, 0.2) is 48.5 Å². The monoisotopic (exact) mass is 398 g/mol. The van der Waals surface area contributed by atoms with Crippen LogP contribution in [-0.2, 0) is 9.59 Å². The molecule has 0 aromatic heterocycles. The quantitative estimate of drug-likeness (QED) is 0.715. The number of para-hydroxylation sites is 2. The van der Waals surface area contributed by atoms with E-state index < -0.39 is 0 Å². The van der Waals surface area contributed by atoms with Gasteiger partial charge in [0.15, 0.2) is 24.7 Å². The summed E-state index contributed by atoms with van der Waals surface area (Å²) in [6.07, 6.45) is 0. The van der Waals surface area contributed by atoms with Gasteiger partial charge in [-0.1, -0.05) is 24.3 Å². The Morgan fingerprint density at radius 1 is 0.828 bits per heavy atom. The molecule has 0 spiro atoms. The molecule has 154 valence electrons. The maximum atomic E-state index is 12.4. The van der Waals surface area contributed by atoms with Gasteiger partial charge in [0.05, 0.1) is 7.11 Å². The van der Waals surface area contributed by atoms with Crippen molar-refractivity contribution in [2.45, 2.75) is 6.92 Å². The highest BCUT2D eigenvalue weighted by molar-refractivity contribution is 5.80. The van der Waals surface area contributed by atoms with E-state index in [1.54, 1.807) is 29.0 Å². The van der Waals surface area contributed by atoms with Gasteiger partial charge in [0, 0.05) is 26.2 Å². The van der Waals surface area contributed by atoms with Crippen LogP contribution in [0.4, 0.5) is 0 Å². The van der Waals surface area contributed by atoms with Crippen LogP contribution in [0.1, 0.15) is 5.56 Å². The first kappa shape index (κ1) is 20.5. The van der Waals surface area contributed by atoms with Gasteiger partial charge in [-0.15, -0.1) is 0 Å². The number of amides is 2. The fraction of sp³-hybridized carbons (Fsp3) is 0.364. The molecule has 0 N–H and O–H groups in total. The van der Waals surface area contributed by atoms with Crippen molar-refractivity contribution in [2.75, 3.05) is 46.5 Å². The van der Waals surface area contributed by atoms with Crippen molar-refractivity contribution in [3.8, 4) is 17.2 Å². The Bertz CT molecular complexity index is 847. The highest BCUT2D eigenvalue weighted by atomic mass is 16.5. The number of carbonyl (C=O) groups excluding carboxylic acids is 2. The summed E-state index contributed by atoms with van der Waals surface area (Å²) in [5, 5.41) is 0. The molecule has 3 rings (SSSR count). The number of ether oxygens (including phenoxy) is 3. The zero-order valence-electron chi connectivity index (χ0n) is 16.8. The molecule has 0 radical (unpaired) electrons. The number of rotatable bonds is 7. The molecule has 2 aromatic rings. The van der Waals surface area contributed by atoms with Gasteiger partial charge in [-0.2, -0.15) is 0 Å². The summed E-state index contributed by atoms with van der Waals surface area (Å²) in [5.74, 6) is 1.61. The summed E-state index contributed by atoms with van der Waals surface area (Å²) >= 11 is 0. The molecule has 1 saturated heterocycles. The van der Waals surface area contributed by atoms with E-state index in [9.17, 15) is 9.59 Å². The molecule has 0 saturated carbocycles. The Balaban J connectivity index is 1.42. The average Bonchev–Trinajstić information content (AvgIpc) is 2.76. The third-order valence-electron chi connectivity index (χ3n) is 4.76. The van der Waals surface area contributed by atoms with Crippen molar-refractivity contribution in [3.63, 3.8) is 0 Å². The molecule has 1 heterocycles. The highest BCUT2D eigenvalue weighted by Crippen LogP contribution is 2.25. The summed E-state index contributed by atoms with van der Waals surface area (Å²) in [6, 6.07) is 14.8. The predicted molar refractivity (Wildman–Crippen MR) is 108 cm³/mol. The van der Waals surface area contributed by atoms with E-state index in [-0.39, 0.29) is 25.0 Å². The molecule has 7 nitrogen and oxygen atoms in total. The van der Waals surface area contributed by atoms with Gasteiger partial charge in [0.25, 0.3) is 11.8 Å². The van der Waals surface area contributed by atoms with Gasteiger partial charge in [0.2, 0.25) is 0 Å². The number of aryl methyl sites for hydroxylation is 1. The maximum Gasteiger partial charge on any atom is 0.260 e. The van der Waals surface area contributed by atoms with Crippen molar-refractivity contribution >= 4 is 11.8 Å². The smallest absolute Gasteiger partial charge is 0.260 e. The molecular weight excluding hydrogens is 372 g/mol. The van der Waals surface area contributed by atoms with Crippen molar-refractivity contribution in [1.29, 1.82) is 0 Å². The van der Waals surface area contributed by atoms with Crippen LogP contribution in [0.5, 0.6) is 17.2 Å². The van der Waals surface area contributed by atoms with Crippen LogP contribution in [-0.4, -0.2) is 68.1 Å². The topological polar surface area (TPSA) is 68.3 Å². The summed E-state index contributed by atoms with van der Waals surface area (Å²) in [5.41, 5.74) is 1.08. The maximum absolute atomic E-state index is 12.4. The normalized spacial score (nSPS) is 13.7. The van der Waals surface area contributed by atoms with E-state index in [1.165, 1.54) is 0 Å². The number of piperazine rings is 1. The van der Waals surface area contributed by atoms with Gasteiger partial charge in [-0.3, -0.25) is 9.59 Å². The number of carbonyl (C=O) groups is 2. The lowest BCUT2D eigenvalue weighted by atomic mass is 10.2. The molecule has 0 aliphatic carbocycles. The summed E-state index contributed by atoms with van der Waals surface area (Å²) < 4.78 is 16.4. The van der Waals surface area contributed by atoms with Gasteiger partial charge in [0.1, 0.15) is 5.75 Å². The zero-order valence-corrected chi connectivity index (χ0v) is 16.8. The lowest BCUT2D eigenvalue weighted by Crippen LogP contribution is -2.52. The summed E-state index contributed by atoms with van der Waals surface area (Å²) in [4.78, 5) is 28.2. The Hall–Kier alpha value is -3.22. The molecule has 1 aliphatic heterocycles. The minimum absolute atomic E-state index is 0.00564. The van der Waals surface area contributed by atoms with Crippen LogP contribution < -0.4 is 14.2 Å². The first-order valence-corrected chi connectivity index (χ1v) is 9.57. The van der Waals surface area contributed by atoms with E-state index in [0.717, 1.165) is 5.56 Å². The molecule has 0 bridgehead atoms. The van der Waals surface area contributed by atoms with Crippen LogP contribution >= 0.6 is 0 Å². The van der Waals surface area contributed by atoms with Crippen molar-refractivity contribution in [2.24, 2.45) is 0 Å². The standard InChI is InChI=1S/C22H26N2O5/c1-17-6-5-7-18(14-17)28-15-21(25)23-10-12-24(13-11-23)22(26)16-29-20-9-4-3-8-19(20)27-2/h3-9,14H,10-13,15-16H2,1-2H3. The predicted octanol–water partition coefficient (Wildman–Crippen LogP) is 2.13. The molecule has 0 unspecified atom stereocenters. The lowest BCUT2D eigenvalue weighted by Gasteiger charge is -2.34. The Morgan fingerprint density at radius 3 is 2.00 bits per heavy atom. The second-order valence-electron chi connectivity index (χ2n) is 6.81. The second kappa shape index (κ2) is 9.82. The van der Waals surface area contributed by atoms with Crippen molar-refractivity contribution < 1.29 is 23.8 Å². The largest absolute Gasteiger partial charge is 0.493 e. The second-order valence-corrected chi connectivity index (χ2v) is 6.81. The third kappa shape index (κ3) is 5.63. The Labute approximate surface area is 170 Å². The number of hydrogen-bond donors (Lipinski definition) is 0. The molecule has 2 aromatic carbocycles. The Morgan fingerprint density at radius 2 is 1.41 bits per heavy atom. The van der Waals surface area contributed by atoms with Gasteiger partial charge in [-0.25, -0.2) is 0 Å². The van der Waals surface area contributed by atoms with Crippen molar-refractivity contribution in [3.05, 3.63) is 54.1 Å². The zero-order chi connectivity index (χ0) is 20.6. The minimum Gasteiger partial charge on any atom is -0.493 e. The van der Waals surface area contributed by atoms with E-state index in [0.29, 0.717) is 43.4 Å². The van der Waals surface area contributed by atoms with E-state index in [2.05, 4.69) is 0 Å². The fourth-order valence-corrected chi connectivity index (χ4v) is 3.12.